The smallest absolute Gasteiger partial charge is 0.288 e. The Kier molecular flexibility index (Phi) is 6.68. The number of carbonyl (C=O) groups excluding carboxylic acids is 2. The number of nitrogens with one attached hydrogen (secondary N) is 1. The Labute approximate surface area is 178 Å². The van der Waals surface area contributed by atoms with Gasteiger partial charge in [-0.3, -0.25) is 19.7 Å². The minimum Gasteiger partial charge on any atom is -0.370 e. The van der Waals surface area contributed by atoms with Gasteiger partial charge in [0.15, 0.2) is 0 Å². The Morgan fingerprint density at radius 1 is 1.13 bits per heavy atom. The number of primary amides is 1. The quantitative estimate of drug-likeness (QED) is 0.409. The van der Waals surface area contributed by atoms with E-state index in [2.05, 4.69) is 10.2 Å². The summed E-state index contributed by atoms with van der Waals surface area (Å²) in [5.74, 6) is -1.02. The van der Waals surface area contributed by atoms with Crippen molar-refractivity contribution in [3.8, 4) is 0 Å². The zero-order chi connectivity index (χ0) is 21.7. The molecular weight excluding hydrogens is 408 g/mol. The van der Waals surface area contributed by atoms with Crippen molar-refractivity contribution in [1.82, 2.24) is 0 Å². The van der Waals surface area contributed by atoms with E-state index in [1.165, 1.54) is 24.3 Å². The molecule has 0 atom stereocenters. The third-order valence-electron chi connectivity index (χ3n) is 4.83. The maximum absolute atomic E-state index is 12.5. The van der Waals surface area contributed by atoms with Crippen LogP contribution in [-0.2, 0) is 4.79 Å². The largest absolute Gasteiger partial charge is 0.370 e. The molecule has 2 amide bonds. The lowest BCUT2D eigenvalue weighted by Gasteiger charge is -2.30. The van der Waals surface area contributed by atoms with Crippen molar-refractivity contribution in [2.75, 3.05) is 23.3 Å². The Balaban J connectivity index is 1.82. The lowest BCUT2D eigenvalue weighted by atomic mass is 10.1. The van der Waals surface area contributed by atoms with E-state index in [0.717, 1.165) is 38.0 Å². The van der Waals surface area contributed by atoms with Crippen LogP contribution in [0.1, 0.15) is 35.2 Å². The minimum atomic E-state index is -0.584. The molecule has 2 aromatic rings. The van der Waals surface area contributed by atoms with E-state index >= 15 is 0 Å². The van der Waals surface area contributed by atoms with E-state index in [9.17, 15) is 19.7 Å². The van der Waals surface area contributed by atoms with Gasteiger partial charge in [-0.2, -0.15) is 0 Å². The molecule has 0 aliphatic carbocycles. The van der Waals surface area contributed by atoms with Crippen LogP contribution >= 0.6 is 11.6 Å². The van der Waals surface area contributed by atoms with Gasteiger partial charge in [-0.25, -0.2) is 0 Å². The van der Waals surface area contributed by atoms with Crippen LogP contribution in [0.15, 0.2) is 42.5 Å². The molecule has 0 unspecified atom stereocenters. The molecule has 0 radical (unpaired) electrons. The molecule has 8 nitrogen and oxygen atoms in total. The number of carbonyl (C=O) groups is 2. The first-order valence-corrected chi connectivity index (χ1v) is 9.85. The topological polar surface area (TPSA) is 119 Å². The van der Waals surface area contributed by atoms with Gasteiger partial charge in [0.25, 0.3) is 5.69 Å². The zero-order valence-corrected chi connectivity index (χ0v) is 16.9. The summed E-state index contributed by atoms with van der Waals surface area (Å²) in [5, 5.41) is 13.8. The van der Waals surface area contributed by atoms with Crippen molar-refractivity contribution in [2.45, 2.75) is 19.3 Å². The van der Waals surface area contributed by atoms with Crippen LogP contribution in [0.25, 0.3) is 6.08 Å². The molecule has 1 fully saturated rings. The minimum absolute atomic E-state index is 0.0241. The number of amides is 2. The molecule has 1 aliphatic heterocycles. The summed E-state index contributed by atoms with van der Waals surface area (Å²) in [5.41, 5.74) is 7.22. The van der Waals surface area contributed by atoms with Crippen LogP contribution in [0.4, 0.5) is 17.1 Å². The average Bonchev–Trinajstić information content (AvgIpc) is 2.73. The highest BCUT2D eigenvalue weighted by molar-refractivity contribution is 6.32. The molecule has 0 spiro atoms. The fraction of sp³-hybridized carbons (Fsp3) is 0.238. The Hall–Kier alpha value is -3.39. The van der Waals surface area contributed by atoms with Crippen molar-refractivity contribution in [1.29, 1.82) is 0 Å². The highest BCUT2D eigenvalue weighted by atomic mass is 35.5. The third kappa shape index (κ3) is 5.15. The van der Waals surface area contributed by atoms with E-state index in [0.29, 0.717) is 16.8 Å². The summed E-state index contributed by atoms with van der Waals surface area (Å²) >= 11 is 5.81. The van der Waals surface area contributed by atoms with E-state index < -0.39 is 16.7 Å². The second-order valence-electron chi connectivity index (χ2n) is 6.93. The number of nitrogens with two attached hydrogens (primary N) is 1. The SMILES string of the molecule is NC(=O)c1ccc(N2CCCCC2)c(NC(=O)/C=C/c2ccc(Cl)c([N+](=O)[O-])c2)c1. The van der Waals surface area contributed by atoms with Gasteiger partial charge in [-0.1, -0.05) is 17.7 Å². The molecule has 9 heteroatoms. The number of benzene rings is 2. The molecule has 0 aromatic heterocycles. The van der Waals surface area contributed by atoms with E-state index in [1.54, 1.807) is 24.3 Å². The maximum Gasteiger partial charge on any atom is 0.288 e. The molecule has 30 heavy (non-hydrogen) atoms. The Morgan fingerprint density at radius 2 is 1.87 bits per heavy atom. The van der Waals surface area contributed by atoms with Gasteiger partial charge in [0.2, 0.25) is 11.8 Å². The van der Waals surface area contributed by atoms with Crippen LogP contribution in [0, 0.1) is 10.1 Å². The molecule has 3 rings (SSSR count). The van der Waals surface area contributed by atoms with Crippen LogP contribution in [-0.4, -0.2) is 29.8 Å². The van der Waals surface area contributed by atoms with E-state index in [4.69, 9.17) is 17.3 Å². The first-order chi connectivity index (χ1) is 14.3. The third-order valence-corrected chi connectivity index (χ3v) is 5.15. The predicted molar refractivity (Wildman–Crippen MR) is 117 cm³/mol. The Morgan fingerprint density at radius 3 is 2.53 bits per heavy atom. The van der Waals surface area contributed by atoms with Gasteiger partial charge < -0.3 is 16.0 Å². The molecule has 1 aliphatic rings. The van der Waals surface area contributed by atoms with Gasteiger partial charge in [0.05, 0.1) is 16.3 Å². The number of nitrogens with zero attached hydrogens (tertiary/aromatic N) is 2. The van der Waals surface area contributed by atoms with Crippen molar-refractivity contribution in [3.05, 3.63) is 68.7 Å². The molecule has 1 saturated heterocycles. The van der Waals surface area contributed by atoms with Crippen LogP contribution in [0.2, 0.25) is 5.02 Å². The van der Waals surface area contributed by atoms with Crippen LogP contribution in [0.3, 0.4) is 0 Å². The predicted octanol–water partition coefficient (Wildman–Crippen LogP) is 3.99. The number of nitro benzene ring substituents is 1. The summed E-state index contributed by atoms with van der Waals surface area (Å²) in [6.07, 6.45) is 6.00. The van der Waals surface area contributed by atoms with Crippen molar-refractivity contribution < 1.29 is 14.5 Å². The summed E-state index contributed by atoms with van der Waals surface area (Å²) in [6, 6.07) is 9.26. The lowest BCUT2D eigenvalue weighted by molar-refractivity contribution is -0.384. The summed E-state index contributed by atoms with van der Waals surface area (Å²) in [6.45, 7) is 1.73. The first-order valence-electron chi connectivity index (χ1n) is 9.47. The number of rotatable bonds is 6. The normalized spacial score (nSPS) is 14.0. The number of hydrogen-bond acceptors (Lipinski definition) is 5. The molecule has 1 heterocycles. The molecule has 156 valence electrons. The fourth-order valence-corrected chi connectivity index (χ4v) is 3.51. The second kappa shape index (κ2) is 9.41. The van der Waals surface area contributed by atoms with E-state index in [-0.39, 0.29) is 10.7 Å². The van der Waals surface area contributed by atoms with E-state index in [1.807, 2.05) is 0 Å². The monoisotopic (exact) mass is 428 g/mol. The number of anilines is 2. The van der Waals surface area contributed by atoms with Gasteiger partial charge in [-0.05, 0) is 55.2 Å². The number of nitro groups is 1. The molecule has 0 saturated carbocycles. The maximum atomic E-state index is 12.5. The van der Waals surface area contributed by atoms with Crippen LogP contribution < -0.4 is 16.0 Å². The fourth-order valence-electron chi connectivity index (χ4n) is 3.32. The molecule has 2 aromatic carbocycles. The van der Waals surface area contributed by atoms with Crippen molar-refractivity contribution in [2.24, 2.45) is 5.73 Å². The number of piperidine rings is 1. The summed E-state index contributed by atoms with van der Waals surface area (Å²) in [4.78, 5) is 36.6. The number of hydrogen-bond donors (Lipinski definition) is 2. The average molecular weight is 429 g/mol. The zero-order valence-electron chi connectivity index (χ0n) is 16.1. The first kappa shape index (κ1) is 21.3. The van der Waals surface area contributed by atoms with Crippen molar-refractivity contribution in [3.63, 3.8) is 0 Å². The van der Waals surface area contributed by atoms with Crippen molar-refractivity contribution >= 4 is 46.6 Å². The Bertz CT molecular complexity index is 1020. The molecule has 0 bridgehead atoms. The number of halogens is 1. The van der Waals surface area contributed by atoms with Gasteiger partial charge in [-0.15, -0.1) is 0 Å². The van der Waals surface area contributed by atoms with Crippen LogP contribution in [0.5, 0.6) is 0 Å². The van der Waals surface area contributed by atoms with Gasteiger partial charge in [0, 0.05) is 30.8 Å². The molecular formula is C21H21ClN4O4. The van der Waals surface area contributed by atoms with Gasteiger partial charge in [0.1, 0.15) is 5.02 Å². The van der Waals surface area contributed by atoms with Gasteiger partial charge >= 0.3 is 0 Å². The highest BCUT2D eigenvalue weighted by Crippen LogP contribution is 2.30. The summed E-state index contributed by atoms with van der Waals surface area (Å²) < 4.78 is 0. The second-order valence-corrected chi connectivity index (χ2v) is 7.34. The standard InChI is InChI=1S/C21H21ClN4O4/c22-16-7-4-14(12-19(16)26(29)30)5-9-20(27)24-17-13-15(21(23)28)6-8-18(17)25-10-2-1-3-11-25/h4-9,12-13H,1-3,10-11H2,(H2,23,28)(H,24,27)/b9-5+. The summed E-state index contributed by atoms with van der Waals surface area (Å²) in [7, 11) is 0. The lowest BCUT2D eigenvalue weighted by Crippen LogP contribution is -2.30. The highest BCUT2D eigenvalue weighted by Gasteiger charge is 2.17. The molecule has 3 N–H and O–H groups in total.